The SMILES string of the molecule is CN1CCOc2c(C(=O)NCCCCN3C[CH]CC3)cc(Cl)cc21. The normalized spacial score (nSPS) is 17.5. The van der Waals surface area contributed by atoms with Crippen molar-refractivity contribution in [1.82, 2.24) is 10.2 Å². The number of fused-ring (bicyclic) bond motifs is 1. The summed E-state index contributed by atoms with van der Waals surface area (Å²) in [4.78, 5) is 17.0. The molecule has 1 aromatic rings. The Morgan fingerprint density at radius 3 is 3.00 bits per heavy atom. The summed E-state index contributed by atoms with van der Waals surface area (Å²) >= 11 is 6.18. The number of nitrogens with one attached hydrogen (secondary N) is 1. The molecular formula is C18H25ClN3O2. The second kappa shape index (κ2) is 8.08. The first-order valence-corrected chi connectivity index (χ1v) is 9.02. The van der Waals surface area contributed by atoms with Crippen LogP contribution < -0.4 is 15.0 Å². The maximum absolute atomic E-state index is 12.5. The van der Waals surface area contributed by atoms with Gasteiger partial charge in [-0.3, -0.25) is 4.79 Å². The fourth-order valence-electron chi connectivity index (χ4n) is 3.19. The van der Waals surface area contributed by atoms with Crippen LogP contribution in [-0.2, 0) is 0 Å². The molecule has 1 amide bonds. The molecule has 2 aliphatic rings. The van der Waals surface area contributed by atoms with Crippen molar-refractivity contribution < 1.29 is 9.53 Å². The van der Waals surface area contributed by atoms with Crippen LogP contribution in [-0.4, -0.2) is 57.2 Å². The Balaban J connectivity index is 1.53. The van der Waals surface area contributed by atoms with E-state index >= 15 is 0 Å². The molecule has 1 aromatic carbocycles. The molecule has 24 heavy (non-hydrogen) atoms. The van der Waals surface area contributed by atoms with Gasteiger partial charge in [0.1, 0.15) is 6.61 Å². The highest BCUT2D eigenvalue weighted by Gasteiger charge is 2.23. The molecular weight excluding hydrogens is 326 g/mol. The van der Waals surface area contributed by atoms with Crippen LogP contribution in [0, 0.1) is 6.42 Å². The van der Waals surface area contributed by atoms with Gasteiger partial charge in [0.2, 0.25) is 0 Å². The topological polar surface area (TPSA) is 44.8 Å². The first-order valence-electron chi connectivity index (χ1n) is 8.65. The van der Waals surface area contributed by atoms with E-state index in [4.69, 9.17) is 16.3 Å². The first-order chi connectivity index (χ1) is 11.6. The second-order valence-electron chi connectivity index (χ2n) is 6.41. The number of rotatable bonds is 6. The van der Waals surface area contributed by atoms with Crippen LogP contribution in [0.1, 0.15) is 29.6 Å². The largest absolute Gasteiger partial charge is 0.489 e. The van der Waals surface area contributed by atoms with Gasteiger partial charge in [-0.15, -0.1) is 0 Å². The maximum atomic E-state index is 12.5. The minimum atomic E-state index is -0.112. The molecule has 0 saturated carbocycles. The number of amides is 1. The molecule has 1 radical (unpaired) electrons. The third-order valence-electron chi connectivity index (χ3n) is 4.59. The summed E-state index contributed by atoms with van der Waals surface area (Å²) in [6.07, 6.45) is 5.60. The lowest BCUT2D eigenvalue weighted by Crippen LogP contribution is -2.32. The van der Waals surface area contributed by atoms with Gasteiger partial charge < -0.3 is 19.9 Å². The van der Waals surface area contributed by atoms with Gasteiger partial charge in [-0.25, -0.2) is 0 Å². The second-order valence-corrected chi connectivity index (χ2v) is 6.85. The summed E-state index contributed by atoms with van der Waals surface area (Å²) in [6, 6.07) is 3.54. The summed E-state index contributed by atoms with van der Waals surface area (Å²) in [6.45, 7) is 5.43. The van der Waals surface area contributed by atoms with Crippen molar-refractivity contribution >= 4 is 23.2 Å². The zero-order valence-corrected chi connectivity index (χ0v) is 14.9. The van der Waals surface area contributed by atoms with Crippen molar-refractivity contribution in [1.29, 1.82) is 0 Å². The van der Waals surface area contributed by atoms with Crippen LogP contribution in [0.3, 0.4) is 0 Å². The predicted octanol–water partition coefficient (Wildman–Crippen LogP) is 2.59. The van der Waals surface area contributed by atoms with E-state index in [1.807, 2.05) is 13.1 Å². The zero-order chi connectivity index (χ0) is 16.9. The highest BCUT2D eigenvalue weighted by molar-refractivity contribution is 6.31. The molecule has 1 saturated heterocycles. The van der Waals surface area contributed by atoms with Crippen molar-refractivity contribution in [3.05, 3.63) is 29.1 Å². The zero-order valence-electron chi connectivity index (χ0n) is 14.2. The highest BCUT2D eigenvalue weighted by Crippen LogP contribution is 2.37. The van der Waals surface area contributed by atoms with E-state index in [9.17, 15) is 4.79 Å². The van der Waals surface area contributed by atoms with Crippen molar-refractivity contribution in [3.8, 4) is 5.75 Å². The Labute approximate surface area is 148 Å². The van der Waals surface area contributed by atoms with Gasteiger partial charge >= 0.3 is 0 Å². The fraction of sp³-hybridized carbons (Fsp3) is 0.556. The summed E-state index contributed by atoms with van der Waals surface area (Å²) in [5.41, 5.74) is 1.40. The first kappa shape index (κ1) is 17.4. The number of carbonyl (C=O) groups is 1. The van der Waals surface area contributed by atoms with E-state index in [1.165, 1.54) is 13.0 Å². The Kier molecular flexibility index (Phi) is 5.85. The lowest BCUT2D eigenvalue weighted by atomic mass is 10.1. The highest BCUT2D eigenvalue weighted by atomic mass is 35.5. The number of halogens is 1. The van der Waals surface area contributed by atoms with E-state index in [-0.39, 0.29) is 5.91 Å². The van der Waals surface area contributed by atoms with Crippen LogP contribution >= 0.6 is 11.6 Å². The number of likely N-dealkylation sites (tertiary alicyclic amines) is 1. The molecule has 0 aromatic heterocycles. The number of unbranched alkanes of at least 4 members (excludes halogenated alkanes) is 1. The minimum absolute atomic E-state index is 0.112. The van der Waals surface area contributed by atoms with Crippen LogP contribution in [0.4, 0.5) is 5.69 Å². The molecule has 1 N–H and O–H groups in total. The van der Waals surface area contributed by atoms with Crippen molar-refractivity contribution in [2.75, 3.05) is 51.3 Å². The molecule has 131 valence electrons. The van der Waals surface area contributed by atoms with Crippen molar-refractivity contribution in [2.45, 2.75) is 19.3 Å². The Morgan fingerprint density at radius 2 is 2.21 bits per heavy atom. The lowest BCUT2D eigenvalue weighted by molar-refractivity contribution is 0.0948. The molecule has 0 aliphatic carbocycles. The minimum Gasteiger partial charge on any atom is -0.489 e. The average Bonchev–Trinajstić information content (AvgIpc) is 3.08. The molecule has 3 rings (SSSR count). The quantitative estimate of drug-likeness (QED) is 0.801. The van der Waals surface area contributed by atoms with Gasteiger partial charge in [0.05, 0.1) is 17.8 Å². The molecule has 0 bridgehead atoms. The molecule has 0 spiro atoms. The van der Waals surface area contributed by atoms with E-state index < -0.39 is 0 Å². The number of anilines is 1. The summed E-state index contributed by atoms with van der Waals surface area (Å²) < 4.78 is 5.72. The summed E-state index contributed by atoms with van der Waals surface area (Å²) in [7, 11) is 1.98. The van der Waals surface area contributed by atoms with Crippen LogP contribution in [0.2, 0.25) is 5.02 Å². The fourth-order valence-corrected chi connectivity index (χ4v) is 3.40. The van der Waals surface area contributed by atoms with E-state index in [0.29, 0.717) is 29.5 Å². The van der Waals surface area contributed by atoms with Gasteiger partial charge in [0, 0.05) is 25.2 Å². The maximum Gasteiger partial charge on any atom is 0.255 e. The van der Waals surface area contributed by atoms with Crippen LogP contribution in [0.25, 0.3) is 0 Å². The third-order valence-corrected chi connectivity index (χ3v) is 4.80. The molecule has 2 heterocycles. The number of benzene rings is 1. The van der Waals surface area contributed by atoms with Gasteiger partial charge in [-0.2, -0.15) is 0 Å². The summed E-state index contributed by atoms with van der Waals surface area (Å²) in [5, 5.41) is 3.55. The van der Waals surface area contributed by atoms with Crippen molar-refractivity contribution in [3.63, 3.8) is 0 Å². The van der Waals surface area contributed by atoms with Crippen molar-refractivity contribution in [2.24, 2.45) is 0 Å². The lowest BCUT2D eigenvalue weighted by Gasteiger charge is -2.29. The Morgan fingerprint density at radius 1 is 1.33 bits per heavy atom. The van der Waals surface area contributed by atoms with Gasteiger partial charge in [-0.05, 0) is 50.9 Å². The van der Waals surface area contributed by atoms with Gasteiger partial charge in [-0.1, -0.05) is 11.6 Å². The number of hydrogen-bond acceptors (Lipinski definition) is 4. The molecule has 6 heteroatoms. The number of hydrogen-bond donors (Lipinski definition) is 1. The van der Waals surface area contributed by atoms with Crippen LogP contribution in [0.5, 0.6) is 5.75 Å². The Bertz CT molecular complexity index is 588. The number of carbonyl (C=O) groups excluding carboxylic acids is 1. The molecule has 0 unspecified atom stereocenters. The monoisotopic (exact) mass is 350 g/mol. The standard InChI is InChI=1S/C18H25ClN3O2/c1-21-10-11-24-17-15(12-14(19)13-16(17)21)18(23)20-6-2-3-7-22-8-4-5-9-22/h4,12-13H,2-3,5-11H2,1H3,(H,20,23). The third kappa shape index (κ3) is 4.14. The number of likely N-dealkylation sites (N-methyl/N-ethyl adjacent to an activating group) is 1. The molecule has 2 aliphatic heterocycles. The number of nitrogens with zero attached hydrogens (tertiary/aromatic N) is 2. The summed E-state index contributed by atoms with van der Waals surface area (Å²) in [5.74, 6) is 0.525. The predicted molar refractivity (Wildman–Crippen MR) is 97.1 cm³/mol. The number of ether oxygens (including phenoxy) is 1. The Hall–Kier alpha value is -1.46. The molecule has 0 atom stereocenters. The molecule has 5 nitrogen and oxygen atoms in total. The van der Waals surface area contributed by atoms with E-state index in [0.717, 1.165) is 38.2 Å². The average molecular weight is 351 g/mol. The molecule has 1 fully saturated rings. The smallest absolute Gasteiger partial charge is 0.255 e. The van der Waals surface area contributed by atoms with Crippen LogP contribution in [0.15, 0.2) is 12.1 Å². The van der Waals surface area contributed by atoms with E-state index in [2.05, 4.69) is 21.5 Å². The van der Waals surface area contributed by atoms with E-state index in [1.54, 1.807) is 6.07 Å². The van der Waals surface area contributed by atoms with Gasteiger partial charge in [0.25, 0.3) is 5.91 Å². The van der Waals surface area contributed by atoms with Gasteiger partial charge in [0.15, 0.2) is 5.75 Å².